The summed E-state index contributed by atoms with van der Waals surface area (Å²) in [6.07, 6.45) is 2.32. The highest BCUT2D eigenvalue weighted by molar-refractivity contribution is 5.86. The van der Waals surface area contributed by atoms with Gasteiger partial charge in [0.05, 0.1) is 0 Å². The van der Waals surface area contributed by atoms with E-state index in [1.807, 2.05) is 0 Å². The summed E-state index contributed by atoms with van der Waals surface area (Å²) < 4.78 is 0. The first-order valence-corrected chi connectivity index (χ1v) is 3.57. The van der Waals surface area contributed by atoms with Crippen molar-refractivity contribution in [2.24, 2.45) is 5.92 Å². The van der Waals surface area contributed by atoms with Gasteiger partial charge in [0.1, 0.15) is 0 Å². The summed E-state index contributed by atoms with van der Waals surface area (Å²) in [5.41, 5.74) is 0. The van der Waals surface area contributed by atoms with Crippen LogP contribution in [0.3, 0.4) is 0 Å². The Kier molecular flexibility index (Phi) is 4.63. The predicted molar refractivity (Wildman–Crippen MR) is 44.8 cm³/mol. The second-order valence-electron chi connectivity index (χ2n) is 2.68. The minimum absolute atomic E-state index is 0. The van der Waals surface area contributed by atoms with E-state index < -0.39 is 0 Å². The van der Waals surface area contributed by atoms with Crippen LogP contribution in [0.25, 0.3) is 0 Å². The second kappa shape index (κ2) is 5.03. The smallest absolute Gasteiger partial charge is 0.243 e. The molecule has 0 aromatic rings. The molecule has 0 aliphatic heterocycles. The number of carbonyl (C=O) groups excluding carboxylic acids is 1. The molecule has 0 aliphatic rings. The molecule has 2 nitrogen and oxygen atoms in total. The van der Waals surface area contributed by atoms with Crippen molar-refractivity contribution in [3.8, 4) is 0 Å². The van der Waals surface area contributed by atoms with Gasteiger partial charge in [-0.1, -0.05) is 20.4 Å². The van der Waals surface area contributed by atoms with Crippen molar-refractivity contribution in [1.82, 2.24) is 5.32 Å². The number of hydrogen-bond donors (Lipinski definition) is 1. The van der Waals surface area contributed by atoms with Crippen molar-refractivity contribution >= 4 is 5.91 Å². The monoisotopic (exact) mass is 143 g/mol. The van der Waals surface area contributed by atoms with Gasteiger partial charge in [-0.3, -0.25) is 4.79 Å². The minimum Gasteiger partial charge on any atom is -0.353 e. The molecule has 60 valence electrons. The maximum atomic E-state index is 10.6. The number of hydrogen-bond acceptors (Lipinski definition) is 1. The Morgan fingerprint density at radius 1 is 1.80 bits per heavy atom. The van der Waals surface area contributed by atoms with Crippen molar-refractivity contribution in [3.63, 3.8) is 0 Å². The van der Waals surface area contributed by atoms with E-state index in [-0.39, 0.29) is 7.33 Å². The van der Waals surface area contributed by atoms with Crippen LogP contribution in [0.4, 0.5) is 0 Å². The molecule has 0 aliphatic carbocycles. The van der Waals surface area contributed by atoms with Crippen LogP contribution in [0, 0.1) is 5.92 Å². The Labute approximate surface area is 63.8 Å². The number of rotatable bonds is 4. The van der Waals surface area contributed by atoms with Crippen molar-refractivity contribution in [2.45, 2.75) is 20.3 Å². The average molecular weight is 143 g/mol. The standard InChI is InChI=1S/C8H15NO.H2/c1-4-8(10)9-6-5-7(2)3;/h4,7H,1,5-6H2,2-3H3,(H,9,10);1H. The summed E-state index contributed by atoms with van der Waals surface area (Å²) in [5, 5.41) is 2.71. The Morgan fingerprint density at radius 3 is 2.80 bits per heavy atom. The largest absolute Gasteiger partial charge is 0.353 e. The van der Waals surface area contributed by atoms with Crippen LogP contribution < -0.4 is 5.32 Å². The van der Waals surface area contributed by atoms with E-state index >= 15 is 0 Å². The summed E-state index contributed by atoms with van der Waals surface area (Å²) >= 11 is 0. The van der Waals surface area contributed by atoms with Crippen LogP contribution in [-0.2, 0) is 4.79 Å². The predicted octanol–water partition coefficient (Wildman–Crippen LogP) is 1.58. The third-order valence-electron chi connectivity index (χ3n) is 1.21. The molecule has 0 radical (unpaired) electrons. The molecule has 10 heavy (non-hydrogen) atoms. The van der Waals surface area contributed by atoms with Crippen LogP contribution in [0.2, 0.25) is 0 Å². The van der Waals surface area contributed by atoms with E-state index in [1.54, 1.807) is 0 Å². The van der Waals surface area contributed by atoms with E-state index in [2.05, 4.69) is 25.7 Å². The molecule has 0 aromatic carbocycles. The first-order valence-electron chi connectivity index (χ1n) is 3.57. The van der Waals surface area contributed by atoms with Gasteiger partial charge < -0.3 is 5.32 Å². The highest BCUT2D eigenvalue weighted by atomic mass is 16.1. The molecule has 1 N–H and O–H groups in total. The van der Waals surface area contributed by atoms with Gasteiger partial charge in [0.25, 0.3) is 0 Å². The zero-order valence-corrected chi connectivity index (χ0v) is 6.68. The normalized spacial score (nSPS) is 9.50. The van der Waals surface area contributed by atoms with Crippen LogP contribution in [0.5, 0.6) is 0 Å². The molecule has 0 spiro atoms. The van der Waals surface area contributed by atoms with Gasteiger partial charge >= 0.3 is 0 Å². The Bertz CT molecular complexity index is 123. The summed E-state index contributed by atoms with van der Waals surface area (Å²) in [5.74, 6) is 0.561. The van der Waals surface area contributed by atoms with E-state index in [4.69, 9.17) is 0 Å². The SMILES string of the molecule is C=CC(=O)NCCC(C)C.[HH]. The maximum absolute atomic E-state index is 10.6. The fourth-order valence-electron chi connectivity index (χ4n) is 0.556. The third kappa shape index (κ3) is 5.35. The van der Waals surface area contributed by atoms with Gasteiger partial charge in [-0.2, -0.15) is 0 Å². The summed E-state index contributed by atoms with van der Waals surface area (Å²) in [6, 6.07) is 0. The van der Waals surface area contributed by atoms with Gasteiger partial charge in [-0.15, -0.1) is 0 Å². The molecular weight excluding hydrogens is 126 g/mol. The fourth-order valence-corrected chi connectivity index (χ4v) is 0.556. The molecule has 0 saturated carbocycles. The topological polar surface area (TPSA) is 29.1 Å². The second-order valence-corrected chi connectivity index (χ2v) is 2.68. The van der Waals surface area contributed by atoms with Crippen molar-refractivity contribution in [1.29, 1.82) is 0 Å². The lowest BCUT2D eigenvalue weighted by atomic mass is 10.1. The van der Waals surface area contributed by atoms with Gasteiger partial charge in [-0.25, -0.2) is 0 Å². The molecule has 0 bridgehead atoms. The van der Waals surface area contributed by atoms with E-state index in [1.165, 1.54) is 6.08 Å². The van der Waals surface area contributed by atoms with Crippen LogP contribution >= 0.6 is 0 Å². The first kappa shape index (κ1) is 9.21. The van der Waals surface area contributed by atoms with Crippen molar-refractivity contribution in [3.05, 3.63) is 12.7 Å². The summed E-state index contributed by atoms with van der Waals surface area (Å²) in [7, 11) is 0. The lowest BCUT2D eigenvalue weighted by Gasteiger charge is -2.03. The number of amides is 1. The lowest BCUT2D eigenvalue weighted by molar-refractivity contribution is -0.116. The molecule has 0 atom stereocenters. The number of carbonyl (C=O) groups is 1. The summed E-state index contributed by atoms with van der Waals surface area (Å²) in [4.78, 5) is 10.6. The van der Waals surface area contributed by atoms with Crippen LogP contribution in [-0.4, -0.2) is 12.5 Å². The molecule has 0 fully saturated rings. The molecule has 2 heteroatoms. The quantitative estimate of drug-likeness (QED) is 0.595. The van der Waals surface area contributed by atoms with Crippen molar-refractivity contribution < 1.29 is 6.22 Å². The fraction of sp³-hybridized carbons (Fsp3) is 0.625. The van der Waals surface area contributed by atoms with Gasteiger partial charge in [-0.05, 0) is 18.4 Å². The van der Waals surface area contributed by atoms with Crippen LogP contribution in [0.15, 0.2) is 12.7 Å². The molecule has 0 heterocycles. The molecule has 0 saturated heterocycles. The first-order chi connectivity index (χ1) is 4.66. The summed E-state index contributed by atoms with van der Waals surface area (Å²) in [6.45, 7) is 8.35. The minimum atomic E-state index is -0.0827. The maximum Gasteiger partial charge on any atom is 0.243 e. The highest BCUT2D eigenvalue weighted by Gasteiger charge is 1.94. The average Bonchev–Trinajstić information content (AvgIpc) is 1.87. The van der Waals surface area contributed by atoms with E-state index in [9.17, 15) is 4.79 Å². The Morgan fingerprint density at radius 2 is 2.40 bits per heavy atom. The third-order valence-corrected chi connectivity index (χ3v) is 1.21. The van der Waals surface area contributed by atoms with Crippen LogP contribution in [0.1, 0.15) is 21.7 Å². The Hall–Kier alpha value is -0.790. The van der Waals surface area contributed by atoms with E-state index in [0.717, 1.165) is 13.0 Å². The van der Waals surface area contributed by atoms with Crippen molar-refractivity contribution in [2.75, 3.05) is 6.54 Å². The van der Waals surface area contributed by atoms with Gasteiger partial charge in [0, 0.05) is 7.97 Å². The van der Waals surface area contributed by atoms with E-state index in [0.29, 0.717) is 5.92 Å². The highest BCUT2D eigenvalue weighted by Crippen LogP contribution is 1.95. The zero-order valence-electron chi connectivity index (χ0n) is 6.68. The zero-order chi connectivity index (χ0) is 7.98. The van der Waals surface area contributed by atoms with Gasteiger partial charge in [0.2, 0.25) is 5.91 Å². The van der Waals surface area contributed by atoms with Gasteiger partial charge in [0.15, 0.2) is 0 Å². The molecular formula is C8H17NO. The Balaban J connectivity index is 0. The molecule has 0 rings (SSSR count). The molecule has 1 amide bonds. The number of nitrogens with one attached hydrogen (secondary N) is 1. The lowest BCUT2D eigenvalue weighted by Crippen LogP contribution is -2.22. The molecule has 0 aromatic heterocycles. The molecule has 0 unspecified atom stereocenters.